The lowest BCUT2D eigenvalue weighted by molar-refractivity contribution is 0.100. The van der Waals surface area contributed by atoms with Gasteiger partial charge in [-0.15, -0.1) is 0 Å². The maximum atomic E-state index is 11.3. The lowest BCUT2D eigenvalue weighted by Gasteiger charge is -2.18. The van der Waals surface area contributed by atoms with Crippen molar-refractivity contribution in [3.05, 3.63) is 30.0 Å². The van der Waals surface area contributed by atoms with Gasteiger partial charge in [0, 0.05) is 17.6 Å². The van der Waals surface area contributed by atoms with E-state index in [4.69, 9.17) is 15.2 Å². The van der Waals surface area contributed by atoms with Crippen molar-refractivity contribution in [2.75, 3.05) is 13.2 Å². The molecule has 86 valence electrons. The van der Waals surface area contributed by atoms with Gasteiger partial charge in [-0.25, -0.2) is 0 Å². The van der Waals surface area contributed by atoms with Gasteiger partial charge in [0.1, 0.15) is 13.2 Å². The molecule has 2 aromatic rings. The zero-order valence-corrected chi connectivity index (χ0v) is 8.97. The third-order valence-electron chi connectivity index (χ3n) is 2.67. The molecular formula is C12H10N2O3. The number of hydrogen-bond acceptors (Lipinski definition) is 4. The van der Waals surface area contributed by atoms with Gasteiger partial charge in [-0.05, 0) is 12.1 Å². The molecule has 0 aliphatic carbocycles. The highest BCUT2D eigenvalue weighted by Crippen LogP contribution is 2.34. The van der Waals surface area contributed by atoms with Crippen molar-refractivity contribution < 1.29 is 14.3 Å². The van der Waals surface area contributed by atoms with Crippen molar-refractivity contribution in [1.82, 2.24) is 4.98 Å². The van der Waals surface area contributed by atoms with Gasteiger partial charge in [0.05, 0.1) is 11.1 Å². The maximum absolute atomic E-state index is 11.3. The smallest absolute Gasteiger partial charge is 0.249 e. The van der Waals surface area contributed by atoms with Crippen LogP contribution in [0.1, 0.15) is 10.4 Å². The van der Waals surface area contributed by atoms with Gasteiger partial charge in [0.15, 0.2) is 11.5 Å². The number of fused-ring (bicyclic) bond motifs is 2. The quantitative estimate of drug-likeness (QED) is 0.796. The molecule has 1 aliphatic rings. The second-order valence-corrected chi connectivity index (χ2v) is 3.74. The van der Waals surface area contributed by atoms with Crippen LogP contribution in [-0.4, -0.2) is 24.1 Å². The summed E-state index contributed by atoms with van der Waals surface area (Å²) in [6.07, 6.45) is 1.55. The van der Waals surface area contributed by atoms with E-state index in [0.717, 1.165) is 0 Å². The van der Waals surface area contributed by atoms with E-state index in [1.54, 1.807) is 24.4 Å². The summed E-state index contributed by atoms with van der Waals surface area (Å²) in [6, 6.07) is 5.11. The van der Waals surface area contributed by atoms with E-state index >= 15 is 0 Å². The van der Waals surface area contributed by atoms with Crippen LogP contribution in [0, 0.1) is 0 Å². The van der Waals surface area contributed by atoms with Crippen LogP contribution in [0.4, 0.5) is 0 Å². The van der Waals surface area contributed by atoms with Gasteiger partial charge in [-0.1, -0.05) is 0 Å². The van der Waals surface area contributed by atoms with Crippen LogP contribution in [-0.2, 0) is 0 Å². The largest absolute Gasteiger partial charge is 0.486 e. The van der Waals surface area contributed by atoms with Gasteiger partial charge in [-0.2, -0.15) is 0 Å². The van der Waals surface area contributed by atoms with Gasteiger partial charge in [0.25, 0.3) is 0 Å². The number of aromatic nitrogens is 1. The molecule has 0 saturated carbocycles. The topological polar surface area (TPSA) is 74.4 Å². The third kappa shape index (κ3) is 1.56. The van der Waals surface area contributed by atoms with E-state index < -0.39 is 5.91 Å². The summed E-state index contributed by atoms with van der Waals surface area (Å²) < 4.78 is 10.9. The van der Waals surface area contributed by atoms with Crippen molar-refractivity contribution in [3.63, 3.8) is 0 Å². The zero-order valence-electron chi connectivity index (χ0n) is 8.97. The lowest BCUT2D eigenvalue weighted by Crippen LogP contribution is -2.16. The molecule has 2 heterocycles. The average Bonchev–Trinajstić information content (AvgIpc) is 2.35. The highest BCUT2D eigenvalue weighted by molar-refractivity contribution is 6.05. The first-order chi connectivity index (χ1) is 8.25. The summed E-state index contributed by atoms with van der Waals surface area (Å²) in [5.74, 6) is 0.797. The normalized spacial score (nSPS) is 13.6. The third-order valence-corrected chi connectivity index (χ3v) is 2.67. The van der Waals surface area contributed by atoms with Crippen LogP contribution in [0.15, 0.2) is 24.4 Å². The number of pyridine rings is 1. The summed E-state index contributed by atoms with van der Waals surface area (Å²) in [5.41, 5.74) is 6.43. The number of hydrogen-bond donors (Lipinski definition) is 1. The number of nitrogens with zero attached hydrogens (tertiary/aromatic N) is 1. The van der Waals surface area contributed by atoms with Gasteiger partial charge in [-0.3, -0.25) is 9.78 Å². The monoisotopic (exact) mass is 230 g/mol. The maximum Gasteiger partial charge on any atom is 0.249 e. The lowest BCUT2D eigenvalue weighted by atomic mass is 10.1. The molecule has 3 rings (SSSR count). The van der Waals surface area contributed by atoms with E-state index in [9.17, 15) is 4.79 Å². The Labute approximate surface area is 97.2 Å². The Balaban J connectivity index is 2.30. The number of carbonyl (C=O) groups is 1. The predicted molar refractivity (Wildman–Crippen MR) is 61.3 cm³/mol. The molecule has 1 aromatic heterocycles. The SMILES string of the molecule is NC(=O)c1ccnc2cc3c(cc12)OCCO3. The summed E-state index contributed by atoms with van der Waals surface area (Å²) in [5, 5.41) is 0.684. The minimum Gasteiger partial charge on any atom is -0.486 e. The molecule has 0 saturated heterocycles. The highest BCUT2D eigenvalue weighted by atomic mass is 16.6. The van der Waals surface area contributed by atoms with E-state index in [-0.39, 0.29) is 0 Å². The Morgan fingerprint density at radius 3 is 2.65 bits per heavy atom. The van der Waals surface area contributed by atoms with Crippen molar-refractivity contribution in [2.45, 2.75) is 0 Å². The molecule has 1 aliphatic heterocycles. The van der Waals surface area contributed by atoms with Crippen LogP contribution < -0.4 is 15.2 Å². The molecule has 0 unspecified atom stereocenters. The van der Waals surface area contributed by atoms with Crippen molar-refractivity contribution in [3.8, 4) is 11.5 Å². The van der Waals surface area contributed by atoms with Crippen LogP contribution in [0.3, 0.4) is 0 Å². The Hall–Kier alpha value is -2.30. The fourth-order valence-electron chi connectivity index (χ4n) is 1.90. The van der Waals surface area contributed by atoms with Crippen molar-refractivity contribution in [2.24, 2.45) is 5.73 Å². The van der Waals surface area contributed by atoms with E-state index in [2.05, 4.69) is 4.98 Å². The Morgan fingerprint density at radius 1 is 1.24 bits per heavy atom. The van der Waals surface area contributed by atoms with Crippen LogP contribution >= 0.6 is 0 Å². The number of carbonyl (C=O) groups excluding carboxylic acids is 1. The average molecular weight is 230 g/mol. The Morgan fingerprint density at radius 2 is 1.94 bits per heavy atom. The van der Waals surface area contributed by atoms with Crippen LogP contribution in [0.25, 0.3) is 10.9 Å². The summed E-state index contributed by atoms with van der Waals surface area (Å²) >= 11 is 0. The first kappa shape index (κ1) is 9.89. The highest BCUT2D eigenvalue weighted by Gasteiger charge is 2.15. The van der Waals surface area contributed by atoms with Crippen LogP contribution in [0.5, 0.6) is 11.5 Å². The second-order valence-electron chi connectivity index (χ2n) is 3.74. The van der Waals surface area contributed by atoms with Crippen molar-refractivity contribution >= 4 is 16.8 Å². The minimum atomic E-state index is -0.478. The van der Waals surface area contributed by atoms with Crippen LogP contribution in [0.2, 0.25) is 0 Å². The number of nitrogens with two attached hydrogens (primary N) is 1. The summed E-state index contributed by atoms with van der Waals surface area (Å²) in [4.78, 5) is 15.5. The number of amides is 1. The van der Waals surface area contributed by atoms with Crippen molar-refractivity contribution in [1.29, 1.82) is 0 Å². The van der Waals surface area contributed by atoms with E-state index in [1.807, 2.05) is 0 Å². The zero-order chi connectivity index (χ0) is 11.8. The molecule has 0 radical (unpaired) electrons. The molecule has 0 bridgehead atoms. The molecular weight excluding hydrogens is 220 g/mol. The number of ether oxygens (including phenoxy) is 2. The van der Waals surface area contributed by atoms with Gasteiger partial charge >= 0.3 is 0 Å². The molecule has 17 heavy (non-hydrogen) atoms. The fourth-order valence-corrected chi connectivity index (χ4v) is 1.90. The molecule has 5 nitrogen and oxygen atoms in total. The summed E-state index contributed by atoms with van der Waals surface area (Å²) in [7, 11) is 0. The predicted octanol–water partition coefficient (Wildman–Crippen LogP) is 1.10. The molecule has 0 fully saturated rings. The fraction of sp³-hybridized carbons (Fsp3) is 0.167. The number of primary amides is 1. The molecule has 2 N–H and O–H groups in total. The van der Waals surface area contributed by atoms with Gasteiger partial charge in [0.2, 0.25) is 5.91 Å². The molecule has 0 atom stereocenters. The molecule has 1 aromatic carbocycles. The number of rotatable bonds is 1. The minimum absolute atomic E-state index is 0.437. The molecule has 1 amide bonds. The Kier molecular flexibility index (Phi) is 2.11. The first-order valence-electron chi connectivity index (χ1n) is 5.24. The Bertz CT molecular complexity index is 610. The van der Waals surface area contributed by atoms with E-state index in [0.29, 0.717) is 41.2 Å². The van der Waals surface area contributed by atoms with Gasteiger partial charge < -0.3 is 15.2 Å². The number of benzene rings is 1. The molecule has 5 heteroatoms. The standard InChI is InChI=1S/C12H10N2O3/c13-12(15)7-1-2-14-9-6-11-10(5-8(7)9)16-3-4-17-11/h1-2,5-6H,3-4H2,(H2,13,15). The second kappa shape index (κ2) is 3.62. The first-order valence-corrected chi connectivity index (χ1v) is 5.24. The van der Waals surface area contributed by atoms with E-state index in [1.165, 1.54) is 0 Å². The molecule has 0 spiro atoms. The summed E-state index contributed by atoms with van der Waals surface area (Å²) in [6.45, 7) is 1.03.